The first-order valence-electron chi connectivity index (χ1n) is 8.15. The average molecular weight is 332 g/mol. The van der Waals surface area contributed by atoms with Gasteiger partial charge in [-0.2, -0.15) is 0 Å². The van der Waals surface area contributed by atoms with Crippen LogP contribution in [0.5, 0.6) is 0 Å². The maximum Gasteiger partial charge on any atom is 0.237 e. The van der Waals surface area contributed by atoms with E-state index in [-0.39, 0.29) is 24.1 Å². The third kappa shape index (κ3) is 5.66. The second-order valence-electron chi connectivity index (χ2n) is 6.27. The van der Waals surface area contributed by atoms with Crippen molar-refractivity contribution in [2.45, 2.75) is 32.7 Å². The van der Waals surface area contributed by atoms with Gasteiger partial charge in [-0.15, -0.1) is 0 Å². The van der Waals surface area contributed by atoms with Gasteiger partial charge in [-0.1, -0.05) is 13.8 Å². The summed E-state index contributed by atoms with van der Waals surface area (Å²) in [6.07, 6.45) is 0.549. The van der Waals surface area contributed by atoms with Crippen LogP contribution in [0.2, 0.25) is 0 Å². The summed E-state index contributed by atoms with van der Waals surface area (Å²) < 4.78 is 0. The average Bonchev–Trinajstić information content (AvgIpc) is 2.51. The minimum atomic E-state index is -0.492. The van der Waals surface area contributed by atoms with Crippen molar-refractivity contribution in [2.75, 3.05) is 23.7 Å². The molecule has 7 nitrogen and oxygen atoms in total. The summed E-state index contributed by atoms with van der Waals surface area (Å²) in [6, 6.07) is 6.42. The number of rotatable bonds is 6. The summed E-state index contributed by atoms with van der Waals surface area (Å²) >= 11 is 0. The van der Waals surface area contributed by atoms with E-state index in [1.807, 2.05) is 13.8 Å². The van der Waals surface area contributed by atoms with Gasteiger partial charge in [0.1, 0.15) is 0 Å². The first-order chi connectivity index (χ1) is 11.4. The number of carbonyl (C=O) groups is 3. The molecule has 1 heterocycles. The molecule has 130 valence electrons. The molecule has 0 aliphatic carbocycles. The third-order valence-corrected chi connectivity index (χ3v) is 3.57. The molecule has 1 atom stereocenters. The van der Waals surface area contributed by atoms with Gasteiger partial charge in [0, 0.05) is 30.9 Å². The fourth-order valence-corrected chi connectivity index (χ4v) is 2.43. The van der Waals surface area contributed by atoms with Crippen LogP contribution < -0.4 is 21.3 Å². The Morgan fingerprint density at radius 3 is 2.21 bits per heavy atom. The number of hydrogen-bond donors (Lipinski definition) is 4. The molecule has 4 N–H and O–H groups in total. The fraction of sp³-hybridized carbons (Fsp3) is 0.471. The van der Waals surface area contributed by atoms with Crippen molar-refractivity contribution in [3.63, 3.8) is 0 Å². The Labute approximate surface area is 141 Å². The molecule has 0 radical (unpaired) electrons. The molecule has 0 spiro atoms. The quantitative estimate of drug-likeness (QED) is 0.626. The van der Waals surface area contributed by atoms with E-state index in [1.165, 1.54) is 0 Å². The van der Waals surface area contributed by atoms with Crippen LogP contribution in [0, 0.1) is 5.92 Å². The molecule has 0 bridgehead atoms. The fourth-order valence-electron chi connectivity index (χ4n) is 2.43. The molecular weight excluding hydrogens is 308 g/mol. The van der Waals surface area contributed by atoms with E-state index in [2.05, 4.69) is 21.3 Å². The second-order valence-corrected chi connectivity index (χ2v) is 6.27. The molecule has 1 saturated heterocycles. The lowest BCUT2D eigenvalue weighted by Gasteiger charge is -2.22. The van der Waals surface area contributed by atoms with Crippen molar-refractivity contribution in [3.8, 4) is 0 Å². The second kappa shape index (κ2) is 8.44. The Kier molecular flexibility index (Phi) is 6.31. The van der Waals surface area contributed by atoms with Crippen molar-refractivity contribution in [2.24, 2.45) is 5.92 Å². The van der Waals surface area contributed by atoms with E-state index in [4.69, 9.17) is 0 Å². The summed E-state index contributed by atoms with van der Waals surface area (Å²) in [5.74, 6) is -0.119. The topological polar surface area (TPSA) is 99.3 Å². The largest absolute Gasteiger partial charge is 0.353 e. The van der Waals surface area contributed by atoms with E-state index in [0.717, 1.165) is 0 Å². The molecule has 0 aromatic heterocycles. The van der Waals surface area contributed by atoms with Crippen molar-refractivity contribution in [1.82, 2.24) is 10.6 Å². The standard InChI is InChI=1S/C17H24N4O3/c1-11(2)9-15(22)20-12-3-5-13(6-4-12)21-16(23)10-14-17(24)19-8-7-18-14/h3-6,11,14,18H,7-10H2,1-2H3,(H,19,24)(H,20,22)(H,21,23). The van der Waals surface area contributed by atoms with E-state index in [0.29, 0.717) is 36.8 Å². The van der Waals surface area contributed by atoms with Gasteiger partial charge in [0.05, 0.1) is 12.5 Å². The van der Waals surface area contributed by atoms with Crippen molar-refractivity contribution >= 4 is 29.1 Å². The summed E-state index contributed by atoms with van der Waals surface area (Å²) in [5.41, 5.74) is 1.31. The molecule has 1 unspecified atom stereocenters. The Balaban J connectivity index is 1.83. The molecule has 1 aromatic rings. The molecule has 24 heavy (non-hydrogen) atoms. The van der Waals surface area contributed by atoms with Crippen LogP contribution in [-0.2, 0) is 14.4 Å². The van der Waals surface area contributed by atoms with Crippen LogP contribution >= 0.6 is 0 Å². The van der Waals surface area contributed by atoms with Gasteiger partial charge in [-0.3, -0.25) is 14.4 Å². The molecule has 1 aromatic carbocycles. The normalized spacial score (nSPS) is 17.3. The Morgan fingerprint density at radius 1 is 1.08 bits per heavy atom. The molecular formula is C17H24N4O3. The van der Waals surface area contributed by atoms with Crippen LogP contribution in [0.1, 0.15) is 26.7 Å². The van der Waals surface area contributed by atoms with Crippen LogP contribution in [0.15, 0.2) is 24.3 Å². The predicted molar refractivity (Wildman–Crippen MR) is 92.6 cm³/mol. The lowest BCUT2D eigenvalue weighted by Crippen LogP contribution is -2.53. The van der Waals surface area contributed by atoms with Crippen molar-refractivity contribution in [3.05, 3.63) is 24.3 Å². The minimum absolute atomic E-state index is 0.0313. The smallest absolute Gasteiger partial charge is 0.237 e. The van der Waals surface area contributed by atoms with Gasteiger partial charge in [0.25, 0.3) is 0 Å². The summed E-state index contributed by atoms with van der Waals surface area (Å²) in [4.78, 5) is 35.3. The molecule has 3 amide bonds. The zero-order chi connectivity index (χ0) is 17.5. The molecule has 1 fully saturated rings. The highest BCUT2D eigenvalue weighted by atomic mass is 16.2. The molecule has 2 rings (SSSR count). The summed E-state index contributed by atoms with van der Waals surface area (Å²) in [5, 5.41) is 11.3. The maximum absolute atomic E-state index is 12.0. The molecule has 0 saturated carbocycles. The highest BCUT2D eigenvalue weighted by molar-refractivity contribution is 5.96. The lowest BCUT2D eigenvalue weighted by molar-refractivity contribution is -0.127. The first kappa shape index (κ1) is 17.9. The number of hydrogen-bond acceptors (Lipinski definition) is 4. The Morgan fingerprint density at radius 2 is 1.67 bits per heavy atom. The van der Waals surface area contributed by atoms with Crippen LogP contribution in [0.3, 0.4) is 0 Å². The molecule has 1 aliphatic rings. The number of nitrogens with one attached hydrogen (secondary N) is 4. The van der Waals surface area contributed by atoms with Gasteiger partial charge in [-0.05, 0) is 30.2 Å². The predicted octanol–water partition coefficient (Wildman–Crippen LogP) is 1.09. The van der Waals surface area contributed by atoms with Crippen LogP contribution in [0.25, 0.3) is 0 Å². The van der Waals surface area contributed by atoms with Crippen LogP contribution in [-0.4, -0.2) is 36.9 Å². The minimum Gasteiger partial charge on any atom is -0.353 e. The molecule has 7 heteroatoms. The number of piperazine rings is 1. The van der Waals surface area contributed by atoms with Crippen molar-refractivity contribution in [1.29, 1.82) is 0 Å². The SMILES string of the molecule is CC(C)CC(=O)Nc1ccc(NC(=O)CC2NCCNC2=O)cc1. The van der Waals surface area contributed by atoms with Gasteiger partial charge in [0.2, 0.25) is 17.7 Å². The monoisotopic (exact) mass is 332 g/mol. The van der Waals surface area contributed by atoms with Gasteiger partial charge < -0.3 is 21.3 Å². The highest BCUT2D eigenvalue weighted by Crippen LogP contribution is 2.15. The maximum atomic E-state index is 12.0. The van der Waals surface area contributed by atoms with E-state index in [9.17, 15) is 14.4 Å². The summed E-state index contributed by atoms with van der Waals surface area (Å²) in [6.45, 7) is 5.22. The summed E-state index contributed by atoms with van der Waals surface area (Å²) in [7, 11) is 0. The van der Waals surface area contributed by atoms with Gasteiger partial charge in [0.15, 0.2) is 0 Å². The van der Waals surface area contributed by atoms with Gasteiger partial charge in [-0.25, -0.2) is 0 Å². The lowest BCUT2D eigenvalue weighted by atomic mass is 10.1. The van der Waals surface area contributed by atoms with E-state index >= 15 is 0 Å². The highest BCUT2D eigenvalue weighted by Gasteiger charge is 2.23. The zero-order valence-electron chi connectivity index (χ0n) is 14.0. The first-order valence-corrected chi connectivity index (χ1v) is 8.15. The van der Waals surface area contributed by atoms with Crippen LogP contribution in [0.4, 0.5) is 11.4 Å². The number of carbonyl (C=O) groups excluding carboxylic acids is 3. The number of amides is 3. The van der Waals surface area contributed by atoms with E-state index in [1.54, 1.807) is 24.3 Å². The number of benzene rings is 1. The Bertz CT molecular complexity index is 598. The zero-order valence-corrected chi connectivity index (χ0v) is 14.0. The van der Waals surface area contributed by atoms with Gasteiger partial charge >= 0.3 is 0 Å². The molecule has 1 aliphatic heterocycles. The van der Waals surface area contributed by atoms with E-state index < -0.39 is 6.04 Å². The van der Waals surface area contributed by atoms with Crippen molar-refractivity contribution < 1.29 is 14.4 Å². The number of anilines is 2. The third-order valence-electron chi connectivity index (χ3n) is 3.57. The Hall–Kier alpha value is -2.41.